The fourth-order valence-corrected chi connectivity index (χ4v) is 2.07. The van der Waals surface area contributed by atoms with E-state index in [0.717, 1.165) is 18.5 Å². The van der Waals surface area contributed by atoms with Crippen molar-refractivity contribution in [2.75, 3.05) is 20.3 Å². The largest absolute Gasteiger partial charge is 0.508 e. The second-order valence-corrected chi connectivity index (χ2v) is 5.12. The summed E-state index contributed by atoms with van der Waals surface area (Å²) in [4.78, 5) is 13.7. The number of carbonyl (C=O) groups is 1. The van der Waals surface area contributed by atoms with Crippen LogP contribution in [-0.4, -0.2) is 42.1 Å². The zero-order valence-electron chi connectivity index (χ0n) is 12.8. The number of benzene rings is 1. The summed E-state index contributed by atoms with van der Waals surface area (Å²) in [6.07, 6.45) is 1.02. The number of Topliss-reactive ketones (excluding diaryl/α,β-unsaturated/α-hetero) is 1. The van der Waals surface area contributed by atoms with E-state index in [1.165, 1.54) is 6.92 Å². The second-order valence-electron chi connectivity index (χ2n) is 5.12. The number of phenols is 1. The average molecular weight is 279 g/mol. The minimum Gasteiger partial charge on any atom is -0.508 e. The Kier molecular flexibility index (Phi) is 6.68. The number of hydrogen-bond donors (Lipinski definition) is 1. The Bertz CT molecular complexity index is 445. The van der Waals surface area contributed by atoms with Crippen molar-refractivity contribution < 1.29 is 14.6 Å². The minimum absolute atomic E-state index is 0.0123. The molecular formula is C16H25NO3. The monoisotopic (exact) mass is 279 g/mol. The first-order chi connectivity index (χ1) is 9.49. The zero-order valence-corrected chi connectivity index (χ0v) is 12.8. The van der Waals surface area contributed by atoms with E-state index >= 15 is 0 Å². The molecule has 0 saturated carbocycles. The molecule has 20 heavy (non-hydrogen) atoms. The van der Waals surface area contributed by atoms with E-state index in [1.807, 2.05) is 0 Å². The maximum Gasteiger partial charge on any atom is 0.159 e. The molecule has 0 aliphatic carbocycles. The van der Waals surface area contributed by atoms with Crippen LogP contribution in [0.15, 0.2) is 18.2 Å². The number of aromatic hydroxyl groups is 1. The lowest BCUT2D eigenvalue weighted by molar-refractivity contribution is 0.101. The van der Waals surface area contributed by atoms with Crippen LogP contribution in [0.2, 0.25) is 0 Å². The quantitative estimate of drug-likeness (QED) is 0.743. The molecule has 0 bridgehead atoms. The molecule has 0 amide bonds. The summed E-state index contributed by atoms with van der Waals surface area (Å²) in [5.74, 6) is 0.249. The Labute approximate surface area is 121 Å². The van der Waals surface area contributed by atoms with Gasteiger partial charge in [0.2, 0.25) is 0 Å². The number of ether oxygens (including phenoxy) is 1. The maximum absolute atomic E-state index is 11.4. The predicted molar refractivity (Wildman–Crippen MR) is 80.2 cm³/mol. The smallest absolute Gasteiger partial charge is 0.159 e. The summed E-state index contributed by atoms with van der Waals surface area (Å²) in [6, 6.07) is 5.42. The van der Waals surface area contributed by atoms with E-state index in [2.05, 4.69) is 18.7 Å². The average Bonchev–Trinajstić information content (AvgIpc) is 2.44. The van der Waals surface area contributed by atoms with Gasteiger partial charge in [-0.05, 0) is 38.5 Å². The van der Waals surface area contributed by atoms with Gasteiger partial charge in [0.1, 0.15) is 5.75 Å². The van der Waals surface area contributed by atoms with Crippen LogP contribution < -0.4 is 0 Å². The summed E-state index contributed by atoms with van der Waals surface area (Å²) in [7, 11) is 1.68. The van der Waals surface area contributed by atoms with Crippen LogP contribution in [0.4, 0.5) is 0 Å². The summed E-state index contributed by atoms with van der Waals surface area (Å²) >= 11 is 0. The van der Waals surface area contributed by atoms with Gasteiger partial charge in [-0.1, -0.05) is 6.92 Å². The van der Waals surface area contributed by atoms with E-state index in [4.69, 9.17) is 4.74 Å². The first kappa shape index (κ1) is 16.7. The number of rotatable bonds is 8. The number of phenolic OH excluding ortho intramolecular Hbond substituents is 1. The van der Waals surface area contributed by atoms with E-state index in [1.54, 1.807) is 25.3 Å². The van der Waals surface area contributed by atoms with Gasteiger partial charge < -0.3 is 9.84 Å². The van der Waals surface area contributed by atoms with E-state index < -0.39 is 0 Å². The van der Waals surface area contributed by atoms with Crippen molar-refractivity contribution in [3.05, 3.63) is 29.3 Å². The topological polar surface area (TPSA) is 49.8 Å². The number of methoxy groups -OCH3 is 1. The highest BCUT2D eigenvalue weighted by Gasteiger charge is 2.15. The molecule has 1 N–H and O–H groups in total. The van der Waals surface area contributed by atoms with E-state index in [9.17, 15) is 9.90 Å². The Morgan fingerprint density at radius 2 is 2.15 bits per heavy atom. The van der Waals surface area contributed by atoms with Crippen LogP contribution in [0.5, 0.6) is 5.75 Å². The van der Waals surface area contributed by atoms with Gasteiger partial charge in [-0.2, -0.15) is 0 Å². The molecular weight excluding hydrogens is 254 g/mol. The van der Waals surface area contributed by atoms with Gasteiger partial charge >= 0.3 is 0 Å². The van der Waals surface area contributed by atoms with Gasteiger partial charge in [0, 0.05) is 37.4 Å². The molecule has 0 aliphatic heterocycles. The lowest BCUT2D eigenvalue weighted by atomic mass is 10.1. The summed E-state index contributed by atoms with van der Waals surface area (Å²) in [5.41, 5.74) is 1.42. The lowest BCUT2D eigenvalue weighted by Gasteiger charge is -2.28. The van der Waals surface area contributed by atoms with Gasteiger partial charge in [-0.3, -0.25) is 9.69 Å². The molecule has 0 radical (unpaired) electrons. The molecule has 4 heteroatoms. The highest BCUT2D eigenvalue weighted by molar-refractivity contribution is 5.94. The molecule has 1 unspecified atom stereocenters. The first-order valence-electron chi connectivity index (χ1n) is 7.05. The van der Waals surface area contributed by atoms with Gasteiger partial charge in [0.25, 0.3) is 0 Å². The van der Waals surface area contributed by atoms with Gasteiger partial charge in [0.15, 0.2) is 5.78 Å². The third-order valence-corrected chi connectivity index (χ3v) is 3.66. The third-order valence-electron chi connectivity index (χ3n) is 3.66. The van der Waals surface area contributed by atoms with Gasteiger partial charge in [-0.25, -0.2) is 0 Å². The van der Waals surface area contributed by atoms with Crippen molar-refractivity contribution in [2.24, 2.45) is 0 Å². The first-order valence-corrected chi connectivity index (χ1v) is 7.05. The minimum atomic E-state index is 0.0123. The fraction of sp³-hybridized carbons (Fsp3) is 0.562. The Morgan fingerprint density at radius 3 is 2.70 bits per heavy atom. The Hall–Kier alpha value is -1.39. The number of nitrogens with zero attached hydrogens (tertiary/aromatic N) is 1. The molecule has 0 fully saturated rings. The fourth-order valence-electron chi connectivity index (χ4n) is 2.07. The van der Waals surface area contributed by atoms with Crippen LogP contribution in [0.1, 0.15) is 43.1 Å². The van der Waals surface area contributed by atoms with E-state index in [0.29, 0.717) is 24.8 Å². The molecule has 4 nitrogen and oxygen atoms in total. The molecule has 1 aromatic carbocycles. The van der Waals surface area contributed by atoms with Crippen molar-refractivity contribution >= 4 is 5.78 Å². The number of hydrogen-bond acceptors (Lipinski definition) is 4. The highest BCUT2D eigenvalue weighted by atomic mass is 16.5. The van der Waals surface area contributed by atoms with Crippen molar-refractivity contribution in [2.45, 2.75) is 39.8 Å². The molecule has 0 aromatic heterocycles. The molecule has 1 rings (SSSR count). The van der Waals surface area contributed by atoms with Crippen molar-refractivity contribution in [3.63, 3.8) is 0 Å². The molecule has 0 spiro atoms. The molecule has 112 valence electrons. The van der Waals surface area contributed by atoms with Crippen LogP contribution in [0, 0.1) is 0 Å². The summed E-state index contributed by atoms with van der Waals surface area (Å²) < 4.78 is 5.14. The van der Waals surface area contributed by atoms with E-state index in [-0.39, 0.29) is 11.5 Å². The molecule has 0 aliphatic rings. The van der Waals surface area contributed by atoms with Gasteiger partial charge in [-0.15, -0.1) is 0 Å². The van der Waals surface area contributed by atoms with Gasteiger partial charge in [0.05, 0.1) is 6.61 Å². The van der Waals surface area contributed by atoms with Crippen LogP contribution in [-0.2, 0) is 11.3 Å². The third kappa shape index (κ3) is 4.62. The normalized spacial score (nSPS) is 12.7. The SMILES string of the molecule is CCC(C)N(CCOC)Cc1cc(C(C)=O)ccc1O. The maximum atomic E-state index is 11.4. The number of carbonyl (C=O) groups excluding carboxylic acids is 1. The van der Waals surface area contributed by atoms with Crippen molar-refractivity contribution in [1.29, 1.82) is 0 Å². The Balaban J connectivity index is 2.91. The van der Waals surface area contributed by atoms with Crippen LogP contribution >= 0.6 is 0 Å². The lowest BCUT2D eigenvalue weighted by Crippen LogP contribution is -2.34. The molecule has 0 saturated heterocycles. The van der Waals surface area contributed by atoms with Crippen molar-refractivity contribution in [3.8, 4) is 5.75 Å². The molecule has 0 heterocycles. The zero-order chi connectivity index (χ0) is 15.1. The predicted octanol–water partition coefficient (Wildman–Crippen LogP) is 2.84. The second kappa shape index (κ2) is 8.02. The standard InChI is InChI=1S/C16H25NO3/c1-5-12(2)17(8-9-20-4)11-15-10-14(13(3)18)6-7-16(15)19/h6-7,10,12,19H,5,8-9,11H2,1-4H3. The van der Waals surface area contributed by atoms with Crippen molar-refractivity contribution in [1.82, 2.24) is 4.90 Å². The molecule has 1 aromatic rings. The highest BCUT2D eigenvalue weighted by Crippen LogP contribution is 2.22. The number of ketones is 1. The molecule has 1 atom stereocenters. The van der Waals surface area contributed by atoms with Crippen LogP contribution in [0.25, 0.3) is 0 Å². The van der Waals surface area contributed by atoms with Crippen LogP contribution in [0.3, 0.4) is 0 Å². The Morgan fingerprint density at radius 1 is 1.45 bits per heavy atom. The summed E-state index contributed by atoms with van der Waals surface area (Å²) in [5, 5.41) is 9.98. The summed E-state index contributed by atoms with van der Waals surface area (Å²) in [6.45, 7) is 7.89.